The number of piperidine rings is 1. The molecule has 2 saturated heterocycles. The van der Waals surface area contributed by atoms with E-state index in [4.69, 9.17) is 9.40 Å². The number of nitrogens with one attached hydrogen (secondary N) is 1. The van der Waals surface area contributed by atoms with Gasteiger partial charge in [0.25, 0.3) is 6.01 Å². The Labute approximate surface area is 179 Å². The average Bonchev–Trinajstić information content (AvgIpc) is 3.47. The summed E-state index contributed by atoms with van der Waals surface area (Å²) in [7, 11) is 1.86. The predicted octanol–water partition coefficient (Wildman–Crippen LogP) is 1.70. The quantitative estimate of drug-likeness (QED) is 0.635. The topological polar surface area (TPSA) is 113 Å². The zero-order valence-corrected chi connectivity index (χ0v) is 17.6. The monoisotopic (exact) mass is 425 g/mol. The molecular formula is C21H27N7O3. The number of anilines is 3. The van der Waals surface area contributed by atoms with Crippen molar-refractivity contribution in [2.45, 2.75) is 38.2 Å². The fourth-order valence-electron chi connectivity index (χ4n) is 4.30. The number of oxazole rings is 1. The predicted molar refractivity (Wildman–Crippen MR) is 116 cm³/mol. The summed E-state index contributed by atoms with van der Waals surface area (Å²) in [6, 6.07) is 2.39. The Kier molecular flexibility index (Phi) is 5.23. The zero-order valence-electron chi connectivity index (χ0n) is 17.6. The molecule has 0 spiro atoms. The number of hydrogen-bond donors (Lipinski definition) is 2. The molecule has 5 rings (SSSR count). The van der Waals surface area contributed by atoms with Crippen molar-refractivity contribution in [3.8, 4) is 0 Å². The summed E-state index contributed by atoms with van der Waals surface area (Å²) in [5.74, 6) is 0.593. The first-order valence-electron chi connectivity index (χ1n) is 10.8. The first-order valence-corrected chi connectivity index (χ1v) is 10.8. The highest BCUT2D eigenvalue weighted by molar-refractivity contribution is 5.97. The number of carbonyl (C=O) groups excluding carboxylic acids is 1. The highest BCUT2D eigenvalue weighted by Crippen LogP contribution is 2.30. The Morgan fingerprint density at radius 1 is 1.23 bits per heavy atom. The summed E-state index contributed by atoms with van der Waals surface area (Å²) < 4.78 is 7.25. The van der Waals surface area contributed by atoms with Crippen LogP contribution in [0.15, 0.2) is 22.9 Å². The second-order valence-electron chi connectivity index (χ2n) is 8.36. The van der Waals surface area contributed by atoms with Gasteiger partial charge in [0, 0.05) is 44.8 Å². The molecule has 1 amide bonds. The van der Waals surface area contributed by atoms with Gasteiger partial charge in [-0.15, -0.1) is 0 Å². The Bertz CT molecular complexity index is 1090. The zero-order chi connectivity index (χ0) is 21.4. The number of fused-ring (bicyclic) bond motifs is 1. The van der Waals surface area contributed by atoms with E-state index in [-0.39, 0.29) is 18.4 Å². The van der Waals surface area contributed by atoms with Crippen molar-refractivity contribution >= 4 is 34.5 Å². The summed E-state index contributed by atoms with van der Waals surface area (Å²) in [5.41, 5.74) is 1.93. The van der Waals surface area contributed by atoms with Crippen LogP contribution in [-0.4, -0.2) is 63.0 Å². The molecule has 0 radical (unpaired) electrons. The number of aryl methyl sites for hydroxylation is 1. The van der Waals surface area contributed by atoms with E-state index in [1.807, 2.05) is 24.2 Å². The highest BCUT2D eigenvalue weighted by atomic mass is 16.4. The number of pyridine rings is 1. The molecule has 2 fully saturated rings. The number of aromatic nitrogens is 4. The lowest BCUT2D eigenvalue weighted by atomic mass is 10.1. The van der Waals surface area contributed by atoms with Gasteiger partial charge in [0.2, 0.25) is 5.91 Å². The number of aliphatic hydroxyl groups excluding tert-OH is 1. The number of rotatable bonds is 5. The average molecular weight is 425 g/mol. The molecule has 5 heterocycles. The minimum atomic E-state index is -0.359. The van der Waals surface area contributed by atoms with Crippen molar-refractivity contribution in [2.75, 3.05) is 41.3 Å². The van der Waals surface area contributed by atoms with Gasteiger partial charge in [-0.2, -0.15) is 10.1 Å². The molecule has 0 aliphatic carbocycles. The molecule has 2 aliphatic heterocycles. The summed E-state index contributed by atoms with van der Waals surface area (Å²) in [4.78, 5) is 26.1. The molecular weight excluding hydrogens is 398 g/mol. The van der Waals surface area contributed by atoms with E-state index in [9.17, 15) is 9.90 Å². The van der Waals surface area contributed by atoms with Gasteiger partial charge in [0.05, 0.1) is 23.9 Å². The molecule has 2 N–H and O–H groups in total. The van der Waals surface area contributed by atoms with Gasteiger partial charge in [0.1, 0.15) is 6.26 Å². The van der Waals surface area contributed by atoms with E-state index in [1.54, 1.807) is 4.68 Å². The molecule has 0 unspecified atom stereocenters. The van der Waals surface area contributed by atoms with Crippen LogP contribution in [0.5, 0.6) is 0 Å². The third-order valence-corrected chi connectivity index (χ3v) is 5.83. The first-order chi connectivity index (χ1) is 15.0. The van der Waals surface area contributed by atoms with Crippen LogP contribution in [0.4, 0.5) is 17.5 Å². The third kappa shape index (κ3) is 4.20. The van der Waals surface area contributed by atoms with E-state index < -0.39 is 0 Å². The van der Waals surface area contributed by atoms with E-state index in [2.05, 4.69) is 20.3 Å². The fourth-order valence-corrected chi connectivity index (χ4v) is 4.30. The largest absolute Gasteiger partial charge is 0.432 e. The van der Waals surface area contributed by atoms with Crippen molar-refractivity contribution in [3.63, 3.8) is 0 Å². The normalized spacial score (nSPS) is 19.4. The van der Waals surface area contributed by atoms with E-state index in [1.165, 1.54) is 12.7 Å². The van der Waals surface area contributed by atoms with Crippen LogP contribution in [0.1, 0.15) is 31.4 Å². The molecule has 2 aliphatic rings. The van der Waals surface area contributed by atoms with Crippen molar-refractivity contribution < 1.29 is 14.3 Å². The van der Waals surface area contributed by atoms with Crippen LogP contribution >= 0.6 is 0 Å². The Morgan fingerprint density at radius 3 is 2.84 bits per heavy atom. The molecule has 164 valence electrons. The van der Waals surface area contributed by atoms with Gasteiger partial charge in [-0.05, 0) is 31.7 Å². The highest BCUT2D eigenvalue weighted by Gasteiger charge is 2.25. The number of carbonyl (C=O) groups is 1. The summed E-state index contributed by atoms with van der Waals surface area (Å²) >= 11 is 0. The van der Waals surface area contributed by atoms with Gasteiger partial charge in [-0.1, -0.05) is 0 Å². The number of amides is 1. The van der Waals surface area contributed by atoms with Gasteiger partial charge in [-0.3, -0.25) is 9.48 Å². The lowest BCUT2D eigenvalue weighted by molar-refractivity contribution is -0.115. The maximum absolute atomic E-state index is 12.8. The summed E-state index contributed by atoms with van der Waals surface area (Å²) in [5, 5.41) is 18.0. The number of β-amino-alcohol motifs (C(OH)–C–C–N with tert-alkyl or cyclic N) is 1. The van der Waals surface area contributed by atoms with Crippen LogP contribution in [0, 0.1) is 0 Å². The van der Waals surface area contributed by atoms with Crippen LogP contribution in [-0.2, 0) is 18.3 Å². The maximum atomic E-state index is 12.8. The van der Waals surface area contributed by atoms with Crippen molar-refractivity contribution in [2.24, 2.45) is 7.05 Å². The van der Waals surface area contributed by atoms with Gasteiger partial charge < -0.3 is 24.6 Å². The van der Waals surface area contributed by atoms with E-state index in [0.717, 1.165) is 37.1 Å². The molecule has 3 aromatic rings. The maximum Gasteiger partial charge on any atom is 0.297 e. The first kappa shape index (κ1) is 19.8. The van der Waals surface area contributed by atoms with Gasteiger partial charge in [-0.25, -0.2) is 4.98 Å². The van der Waals surface area contributed by atoms with Crippen LogP contribution < -0.4 is 15.1 Å². The minimum Gasteiger partial charge on any atom is -0.432 e. The van der Waals surface area contributed by atoms with E-state index >= 15 is 0 Å². The number of nitrogens with zero attached hydrogens (tertiary/aromatic N) is 6. The lowest BCUT2D eigenvalue weighted by Gasteiger charge is -2.29. The summed E-state index contributed by atoms with van der Waals surface area (Å²) in [6.07, 6.45) is 7.28. The second kappa shape index (κ2) is 8.18. The minimum absolute atomic E-state index is 0.102. The molecule has 10 nitrogen and oxygen atoms in total. The van der Waals surface area contributed by atoms with Gasteiger partial charge >= 0.3 is 0 Å². The smallest absolute Gasteiger partial charge is 0.297 e. The number of hydrogen-bond acceptors (Lipinski definition) is 8. The molecule has 0 bridgehead atoms. The SMILES string of the molecule is Cn1cc2cc(NC(=O)Cc3coc(N4CC[C@H](O)C4)n3)c(N3CCCCC3)nc2n1. The second-order valence-corrected chi connectivity index (χ2v) is 8.36. The molecule has 1 atom stereocenters. The molecule has 3 aromatic heterocycles. The third-order valence-electron chi connectivity index (χ3n) is 5.83. The van der Waals surface area contributed by atoms with E-state index in [0.29, 0.717) is 42.6 Å². The number of aliphatic hydroxyl groups is 1. The molecule has 31 heavy (non-hydrogen) atoms. The Hall–Kier alpha value is -3.14. The summed E-state index contributed by atoms with van der Waals surface area (Å²) in [6.45, 7) is 3.04. The lowest BCUT2D eigenvalue weighted by Crippen LogP contribution is -2.31. The Morgan fingerprint density at radius 2 is 2.06 bits per heavy atom. The van der Waals surface area contributed by atoms with Crippen molar-refractivity contribution in [1.29, 1.82) is 0 Å². The fraction of sp³-hybridized carbons (Fsp3) is 0.524. The van der Waals surface area contributed by atoms with Gasteiger partial charge in [0.15, 0.2) is 11.5 Å². The Balaban J connectivity index is 1.34. The van der Waals surface area contributed by atoms with Crippen LogP contribution in [0.25, 0.3) is 11.0 Å². The standard InChI is InChI=1S/C21H27N7O3/c1-26-11-14-9-17(20(24-19(14)25-26)27-6-3-2-4-7-27)23-18(30)10-15-13-31-21(22-15)28-8-5-16(29)12-28/h9,11,13,16,29H,2-8,10,12H2,1H3,(H,23,30)/t16-/m0/s1. The van der Waals surface area contributed by atoms with Crippen molar-refractivity contribution in [3.05, 3.63) is 24.2 Å². The molecule has 0 aromatic carbocycles. The molecule has 10 heteroatoms. The van der Waals surface area contributed by atoms with Crippen molar-refractivity contribution in [1.82, 2.24) is 19.7 Å². The van der Waals surface area contributed by atoms with Crippen LogP contribution in [0.2, 0.25) is 0 Å². The molecule has 0 saturated carbocycles. The van der Waals surface area contributed by atoms with Crippen LogP contribution in [0.3, 0.4) is 0 Å².